The molecule has 0 amide bonds. The van der Waals surface area contributed by atoms with E-state index in [2.05, 4.69) is 84.2 Å². The molecule has 0 saturated heterocycles. The van der Waals surface area contributed by atoms with Gasteiger partial charge in [-0.2, -0.15) is 11.2 Å². The van der Waals surface area contributed by atoms with Crippen molar-refractivity contribution in [2.45, 2.75) is 26.2 Å². The predicted octanol–water partition coefficient (Wildman–Crippen LogP) is 7.87. The Morgan fingerprint density at radius 2 is 1.52 bits per heavy atom. The maximum Gasteiger partial charge on any atom is 2.00 e. The van der Waals surface area contributed by atoms with Crippen molar-refractivity contribution < 1.29 is 25.8 Å². The number of nitrogens with zero attached hydrogens (tertiary/aromatic N) is 5. The summed E-state index contributed by atoms with van der Waals surface area (Å²) in [5.41, 5.74) is 6.22. The third-order valence-corrected chi connectivity index (χ3v) is 8.51. The summed E-state index contributed by atoms with van der Waals surface area (Å²) in [4.78, 5) is 9.57. The predicted molar refractivity (Wildman–Crippen MR) is 161 cm³/mol. The maximum absolute atomic E-state index is 6.43. The number of pyridine rings is 2. The molecule has 1 aliphatic heterocycles. The standard InChI is InChI=1S/C35H23N5O.Pt/c1-20-37-33-27-18-21(13-15-23(27)24-8-4-5-12-30(24)40(33)38-20)41-22-14-16-25-26-9-6-10-28-32(26)39(31(25)19-22)34-29(35(28,2)3)11-7-17-36-34;/h4-17H,1-3H3;/q-2;+2. The van der Waals surface area contributed by atoms with Crippen molar-refractivity contribution >= 4 is 49.1 Å². The second kappa shape index (κ2) is 8.73. The Balaban J connectivity index is 0.00000267. The van der Waals surface area contributed by atoms with Gasteiger partial charge in [-0.05, 0) is 35.4 Å². The molecule has 0 spiro atoms. The van der Waals surface area contributed by atoms with Crippen molar-refractivity contribution in [1.82, 2.24) is 24.1 Å². The minimum absolute atomic E-state index is 0. The summed E-state index contributed by atoms with van der Waals surface area (Å²) in [6, 6.07) is 34.2. The van der Waals surface area contributed by atoms with Gasteiger partial charge in [0.2, 0.25) is 0 Å². The van der Waals surface area contributed by atoms with E-state index in [1.54, 1.807) is 0 Å². The van der Waals surface area contributed by atoms with Gasteiger partial charge in [-0.1, -0.05) is 78.7 Å². The zero-order valence-corrected chi connectivity index (χ0v) is 25.3. The van der Waals surface area contributed by atoms with Crippen molar-refractivity contribution in [2.75, 3.05) is 0 Å². The van der Waals surface area contributed by atoms with Crippen LogP contribution in [0.5, 0.6) is 11.5 Å². The number of benzene rings is 4. The number of hydrogen-bond acceptors (Lipinski definition) is 4. The van der Waals surface area contributed by atoms with Crippen LogP contribution in [0.3, 0.4) is 0 Å². The molecule has 1 aliphatic rings. The average molecular weight is 725 g/mol. The van der Waals surface area contributed by atoms with Crippen LogP contribution in [0.1, 0.15) is 30.8 Å². The van der Waals surface area contributed by atoms with E-state index in [1.807, 2.05) is 48.0 Å². The van der Waals surface area contributed by atoms with E-state index in [-0.39, 0.29) is 26.5 Å². The number of rotatable bonds is 2. The molecule has 0 aliphatic carbocycles. The Kier molecular flexibility index (Phi) is 5.24. The molecule has 0 atom stereocenters. The van der Waals surface area contributed by atoms with E-state index in [1.165, 1.54) is 22.0 Å². The monoisotopic (exact) mass is 724 g/mol. The second-order valence-electron chi connectivity index (χ2n) is 11.2. The fourth-order valence-corrected chi connectivity index (χ4v) is 6.64. The fraction of sp³-hybridized carbons (Fsp3) is 0.114. The van der Waals surface area contributed by atoms with Crippen LogP contribution in [-0.2, 0) is 26.5 Å². The van der Waals surface area contributed by atoms with Crippen LogP contribution < -0.4 is 4.74 Å². The summed E-state index contributed by atoms with van der Waals surface area (Å²) in [6.45, 7) is 6.45. The van der Waals surface area contributed by atoms with Crippen LogP contribution >= 0.6 is 0 Å². The summed E-state index contributed by atoms with van der Waals surface area (Å²) in [5, 5.41) is 10.00. The number of hydrogen-bond donors (Lipinski definition) is 0. The van der Waals surface area contributed by atoms with E-state index in [0.29, 0.717) is 17.3 Å². The molecule has 6 nitrogen and oxygen atoms in total. The molecule has 0 fully saturated rings. The molecule has 9 rings (SSSR count). The summed E-state index contributed by atoms with van der Waals surface area (Å²) in [5.74, 6) is 2.87. The van der Waals surface area contributed by atoms with Gasteiger partial charge in [-0.3, -0.25) is 9.50 Å². The van der Waals surface area contributed by atoms with Crippen LogP contribution in [0.25, 0.3) is 54.9 Å². The molecule has 8 aromatic rings. The molecule has 0 saturated carbocycles. The minimum Gasteiger partial charge on any atom is -0.503 e. The summed E-state index contributed by atoms with van der Waals surface area (Å²) in [7, 11) is 0. The van der Waals surface area contributed by atoms with Crippen LogP contribution in [-0.4, -0.2) is 24.1 Å². The third-order valence-electron chi connectivity index (χ3n) is 8.51. The molecule has 0 unspecified atom stereocenters. The Morgan fingerprint density at radius 3 is 2.40 bits per heavy atom. The molecule has 4 aromatic carbocycles. The van der Waals surface area contributed by atoms with Gasteiger partial charge >= 0.3 is 21.1 Å². The van der Waals surface area contributed by atoms with Crippen molar-refractivity contribution in [3.63, 3.8) is 0 Å². The molecular weight excluding hydrogens is 701 g/mol. The molecule has 0 radical (unpaired) electrons. The molecule has 204 valence electrons. The van der Waals surface area contributed by atoms with E-state index in [9.17, 15) is 0 Å². The van der Waals surface area contributed by atoms with Gasteiger partial charge in [-0.15, -0.1) is 29.7 Å². The Hall–Kier alpha value is -4.54. The van der Waals surface area contributed by atoms with E-state index in [0.717, 1.165) is 44.0 Å². The van der Waals surface area contributed by atoms with E-state index < -0.39 is 0 Å². The van der Waals surface area contributed by atoms with Gasteiger partial charge in [0.1, 0.15) is 11.6 Å². The van der Waals surface area contributed by atoms with Gasteiger partial charge in [0.05, 0.1) is 11.2 Å². The van der Waals surface area contributed by atoms with Crippen molar-refractivity contribution in [1.29, 1.82) is 0 Å². The molecule has 0 N–H and O–H groups in total. The first kappa shape index (κ1) is 25.2. The molecule has 0 bridgehead atoms. The van der Waals surface area contributed by atoms with Crippen LogP contribution in [0.2, 0.25) is 0 Å². The first-order chi connectivity index (χ1) is 20.0. The van der Waals surface area contributed by atoms with Gasteiger partial charge in [-0.25, -0.2) is 4.98 Å². The zero-order valence-electron chi connectivity index (χ0n) is 23.0. The second-order valence-corrected chi connectivity index (χ2v) is 11.2. The Bertz CT molecular complexity index is 2400. The molecule has 4 aromatic heterocycles. The molecule has 42 heavy (non-hydrogen) atoms. The van der Waals surface area contributed by atoms with E-state index >= 15 is 0 Å². The van der Waals surface area contributed by atoms with Crippen LogP contribution in [0.4, 0.5) is 0 Å². The molecule has 7 heteroatoms. The topological polar surface area (TPSA) is 57.2 Å². The molecule has 5 heterocycles. The quantitative estimate of drug-likeness (QED) is 0.135. The largest absolute Gasteiger partial charge is 2.00 e. The van der Waals surface area contributed by atoms with Crippen molar-refractivity contribution in [3.05, 3.63) is 114 Å². The first-order valence-corrected chi connectivity index (χ1v) is 13.7. The van der Waals surface area contributed by atoms with Crippen molar-refractivity contribution in [3.8, 4) is 17.3 Å². The summed E-state index contributed by atoms with van der Waals surface area (Å²) < 4.78 is 10.6. The third kappa shape index (κ3) is 3.27. The number of para-hydroxylation sites is 2. The number of ether oxygens (including phenoxy) is 1. The van der Waals surface area contributed by atoms with Crippen molar-refractivity contribution in [2.24, 2.45) is 0 Å². The van der Waals surface area contributed by atoms with Gasteiger partial charge < -0.3 is 9.30 Å². The molecular formula is C35H23N5OPt. The summed E-state index contributed by atoms with van der Waals surface area (Å²) in [6.07, 6.45) is 1.86. The summed E-state index contributed by atoms with van der Waals surface area (Å²) >= 11 is 0. The zero-order chi connectivity index (χ0) is 27.5. The van der Waals surface area contributed by atoms with E-state index in [4.69, 9.17) is 14.7 Å². The number of aromatic nitrogens is 5. The van der Waals surface area contributed by atoms with Gasteiger partial charge in [0, 0.05) is 34.2 Å². The van der Waals surface area contributed by atoms with Crippen LogP contribution in [0, 0.1) is 19.1 Å². The SMILES string of the molecule is Cc1nc2c3[c-]c(Oc4[c-]c5c(cc4)c4cccc6c4n5-c4ncccc4C6(C)C)ccc3c3ccccc3n2n1.[Pt+2]. The smallest absolute Gasteiger partial charge is 0.503 e. The first-order valence-electron chi connectivity index (χ1n) is 13.7. The Labute approximate surface area is 255 Å². The number of fused-ring (bicyclic) bond motifs is 11. The van der Waals surface area contributed by atoms with Crippen LogP contribution in [0.15, 0.2) is 85.1 Å². The fourth-order valence-electron chi connectivity index (χ4n) is 6.64. The Morgan fingerprint density at radius 1 is 0.762 bits per heavy atom. The maximum atomic E-state index is 6.43. The van der Waals surface area contributed by atoms with Gasteiger partial charge in [0.15, 0.2) is 0 Å². The van der Waals surface area contributed by atoms with Gasteiger partial charge in [0.25, 0.3) is 0 Å². The minimum atomic E-state index is -0.164. The average Bonchev–Trinajstić information content (AvgIpc) is 3.54. The normalized spacial score (nSPS) is 13.6. The number of aryl methyl sites for hydroxylation is 1.